The minimum atomic E-state index is -0.817. The van der Waals surface area contributed by atoms with Crippen molar-refractivity contribution in [3.63, 3.8) is 0 Å². The molecule has 0 spiro atoms. The van der Waals surface area contributed by atoms with Gasteiger partial charge in [-0.15, -0.1) is 6.42 Å². The van der Waals surface area contributed by atoms with E-state index >= 15 is 0 Å². The van der Waals surface area contributed by atoms with Gasteiger partial charge in [-0.2, -0.15) is 5.01 Å². The maximum absolute atomic E-state index is 12.8. The van der Waals surface area contributed by atoms with Crippen molar-refractivity contribution in [2.75, 3.05) is 13.7 Å². The fourth-order valence-corrected chi connectivity index (χ4v) is 3.50. The second-order valence-corrected chi connectivity index (χ2v) is 6.29. The monoisotopic (exact) mass is 376 g/mol. The van der Waals surface area contributed by atoms with Gasteiger partial charge in [0.15, 0.2) is 0 Å². The normalized spacial score (nSPS) is 22.4. The zero-order valence-corrected chi connectivity index (χ0v) is 15.0. The highest BCUT2D eigenvalue weighted by molar-refractivity contribution is 6.21. The number of ether oxygens (including phenoxy) is 2. The van der Waals surface area contributed by atoms with Gasteiger partial charge < -0.3 is 9.47 Å². The van der Waals surface area contributed by atoms with E-state index in [1.54, 1.807) is 48.5 Å². The first-order valence-electron chi connectivity index (χ1n) is 8.59. The molecule has 2 aliphatic heterocycles. The summed E-state index contributed by atoms with van der Waals surface area (Å²) >= 11 is 0. The zero-order valence-electron chi connectivity index (χ0n) is 15.0. The van der Waals surface area contributed by atoms with Crippen molar-refractivity contribution in [2.45, 2.75) is 12.1 Å². The Balaban J connectivity index is 1.72. The number of carbonyl (C=O) groups excluding carboxylic acids is 3. The van der Waals surface area contributed by atoms with Gasteiger partial charge in [-0.3, -0.25) is 14.4 Å². The van der Waals surface area contributed by atoms with Crippen LogP contribution < -0.4 is 4.74 Å². The minimum Gasteiger partial charge on any atom is -0.481 e. The highest BCUT2D eigenvalue weighted by atomic mass is 16.5. The van der Waals surface area contributed by atoms with Gasteiger partial charge in [-0.05, 0) is 18.2 Å². The molecular formula is C21H16N2O5. The SMILES string of the molecule is C#CCOc1ccccc1[C@H]1[C@H](C(=O)OC)N1N1C(=O)c2ccccc2C1=O. The van der Waals surface area contributed by atoms with Crippen molar-refractivity contribution in [1.29, 1.82) is 0 Å². The van der Waals surface area contributed by atoms with Crippen molar-refractivity contribution < 1.29 is 23.9 Å². The topological polar surface area (TPSA) is 75.9 Å². The molecule has 7 nitrogen and oxygen atoms in total. The molecule has 0 N–H and O–H groups in total. The lowest BCUT2D eigenvalue weighted by atomic mass is 10.1. The summed E-state index contributed by atoms with van der Waals surface area (Å²) in [7, 11) is 1.26. The van der Waals surface area contributed by atoms with Gasteiger partial charge in [0.1, 0.15) is 18.4 Å². The van der Waals surface area contributed by atoms with E-state index in [0.29, 0.717) is 22.4 Å². The number of terminal acetylenes is 1. The predicted octanol–water partition coefficient (Wildman–Crippen LogP) is 1.81. The Bertz CT molecular complexity index is 990. The lowest BCUT2D eigenvalue weighted by molar-refractivity contribution is -0.141. The van der Waals surface area contributed by atoms with Gasteiger partial charge >= 0.3 is 5.97 Å². The molecule has 2 aromatic carbocycles. The van der Waals surface area contributed by atoms with E-state index in [4.69, 9.17) is 15.9 Å². The fourth-order valence-electron chi connectivity index (χ4n) is 3.50. The van der Waals surface area contributed by atoms with Gasteiger partial charge in [0.05, 0.1) is 24.3 Å². The van der Waals surface area contributed by atoms with Crippen LogP contribution in [-0.2, 0) is 9.53 Å². The summed E-state index contributed by atoms with van der Waals surface area (Å²) in [6, 6.07) is 12.2. The van der Waals surface area contributed by atoms with Crippen molar-refractivity contribution >= 4 is 17.8 Å². The number of esters is 1. The molecular weight excluding hydrogens is 360 g/mol. The van der Waals surface area contributed by atoms with Gasteiger partial charge in [0.25, 0.3) is 11.8 Å². The van der Waals surface area contributed by atoms with Gasteiger partial charge in [-0.1, -0.05) is 36.3 Å². The van der Waals surface area contributed by atoms with Crippen LogP contribution >= 0.6 is 0 Å². The molecule has 0 bridgehead atoms. The number of carbonyl (C=O) groups is 3. The Hall–Kier alpha value is -3.63. The average Bonchev–Trinajstić information content (AvgIpc) is 3.40. The van der Waals surface area contributed by atoms with E-state index in [9.17, 15) is 14.4 Å². The highest BCUT2D eigenvalue weighted by Gasteiger charge is 2.62. The quantitative estimate of drug-likeness (QED) is 0.343. The smallest absolute Gasteiger partial charge is 0.327 e. The molecule has 2 amide bonds. The summed E-state index contributed by atoms with van der Waals surface area (Å²) in [5.74, 6) is 1.38. The number of para-hydroxylation sites is 1. The van der Waals surface area contributed by atoms with Crippen molar-refractivity contribution in [1.82, 2.24) is 10.0 Å². The molecule has 4 rings (SSSR count). The molecule has 0 radical (unpaired) electrons. The molecule has 7 heteroatoms. The summed E-state index contributed by atoms with van der Waals surface area (Å²) in [5, 5.41) is 2.43. The molecule has 1 saturated heterocycles. The maximum Gasteiger partial charge on any atom is 0.327 e. The summed E-state index contributed by atoms with van der Waals surface area (Å²) in [6.45, 7) is 0.0552. The Morgan fingerprint density at radius 2 is 1.68 bits per heavy atom. The fraction of sp³-hybridized carbons (Fsp3) is 0.190. The first-order valence-corrected chi connectivity index (χ1v) is 8.59. The van der Waals surface area contributed by atoms with Crippen LogP contribution in [0.2, 0.25) is 0 Å². The number of fused-ring (bicyclic) bond motifs is 1. The van der Waals surface area contributed by atoms with Crippen LogP contribution in [0.3, 0.4) is 0 Å². The average molecular weight is 376 g/mol. The number of amides is 2. The molecule has 0 aromatic heterocycles. The minimum absolute atomic E-state index is 0.0552. The van der Waals surface area contributed by atoms with Crippen molar-refractivity contribution in [3.05, 3.63) is 65.2 Å². The van der Waals surface area contributed by atoms with Crippen LogP contribution in [0.25, 0.3) is 0 Å². The van der Waals surface area contributed by atoms with Crippen LogP contribution in [0.15, 0.2) is 48.5 Å². The van der Waals surface area contributed by atoms with E-state index < -0.39 is 29.9 Å². The predicted molar refractivity (Wildman–Crippen MR) is 98.1 cm³/mol. The number of hydrogen-bond acceptors (Lipinski definition) is 6. The number of methoxy groups -OCH3 is 1. The second-order valence-electron chi connectivity index (χ2n) is 6.29. The van der Waals surface area contributed by atoms with Crippen molar-refractivity contribution in [2.24, 2.45) is 0 Å². The summed E-state index contributed by atoms with van der Waals surface area (Å²) in [5.41, 5.74) is 1.25. The summed E-state index contributed by atoms with van der Waals surface area (Å²) in [6.07, 6.45) is 5.27. The standard InChI is InChI=1S/C21H16N2O5/c1-3-12-28-16-11-7-6-10-15(16)17-18(21(26)27-2)22(17)23-19(24)13-8-4-5-9-14(13)20(23)25/h1,4-11,17-18H,12H2,2H3/t17-,18+,22?/m0/s1. The molecule has 3 atom stereocenters. The van der Waals surface area contributed by atoms with E-state index in [1.807, 2.05) is 0 Å². The lowest BCUT2D eigenvalue weighted by Crippen LogP contribution is -2.37. The van der Waals surface area contributed by atoms with Gasteiger partial charge in [0.2, 0.25) is 0 Å². The molecule has 1 fully saturated rings. The van der Waals surface area contributed by atoms with E-state index in [-0.39, 0.29) is 6.61 Å². The molecule has 2 aliphatic rings. The molecule has 140 valence electrons. The third-order valence-corrected chi connectivity index (χ3v) is 4.77. The van der Waals surface area contributed by atoms with Crippen LogP contribution in [0.1, 0.15) is 32.3 Å². The number of hydrogen-bond donors (Lipinski definition) is 0. The molecule has 0 saturated carbocycles. The van der Waals surface area contributed by atoms with E-state index in [2.05, 4.69) is 5.92 Å². The van der Waals surface area contributed by atoms with Crippen LogP contribution in [0.5, 0.6) is 5.75 Å². The highest BCUT2D eigenvalue weighted by Crippen LogP contribution is 2.49. The summed E-state index contributed by atoms with van der Waals surface area (Å²) < 4.78 is 10.5. The van der Waals surface area contributed by atoms with E-state index in [0.717, 1.165) is 5.01 Å². The lowest BCUT2D eigenvalue weighted by Gasteiger charge is -2.17. The number of nitrogens with zero attached hydrogens (tertiary/aromatic N) is 2. The maximum atomic E-state index is 12.8. The Morgan fingerprint density at radius 1 is 1.07 bits per heavy atom. The first-order chi connectivity index (χ1) is 13.6. The molecule has 28 heavy (non-hydrogen) atoms. The number of rotatable bonds is 5. The van der Waals surface area contributed by atoms with Crippen molar-refractivity contribution in [3.8, 4) is 18.1 Å². The zero-order chi connectivity index (χ0) is 19.8. The molecule has 1 unspecified atom stereocenters. The molecule has 2 heterocycles. The number of benzene rings is 2. The van der Waals surface area contributed by atoms with Gasteiger partial charge in [-0.25, -0.2) is 5.01 Å². The Labute approximate surface area is 161 Å². The van der Waals surface area contributed by atoms with E-state index in [1.165, 1.54) is 12.1 Å². The van der Waals surface area contributed by atoms with Crippen LogP contribution in [0, 0.1) is 12.3 Å². The largest absolute Gasteiger partial charge is 0.481 e. The van der Waals surface area contributed by atoms with Crippen LogP contribution in [-0.4, -0.2) is 47.6 Å². The second kappa shape index (κ2) is 6.83. The first kappa shape index (κ1) is 17.8. The number of imide groups is 1. The Morgan fingerprint density at radius 3 is 2.29 bits per heavy atom. The number of hydrazine groups is 1. The van der Waals surface area contributed by atoms with Gasteiger partial charge in [0, 0.05) is 5.56 Å². The molecule has 2 aromatic rings. The third-order valence-electron chi connectivity index (χ3n) is 4.77. The third kappa shape index (κ3) is 2.63. The van der Waals surface area contributed by atoms with Crippen LogP contribution in [0.4, 0.5) is 0 Å². The Kier molecular flexibility index (Phi) is 4.34. The summed E-state index contributed by atoms with van der Waals surface area (Å²) in [4.78, 5) is 38.0. The molecule has 0 aliphatic carbocycles.